The number of methoxy groups -OCH3 is 1. The predicted octanol–water partition coefficient (Wildman–Crippen LogP) is 2.31. The summed E-state index contributed by atoms with van der Waals surface area (Å²) in [6, 6.07) is 0. The Labute approximate surface area is 109 Å². The second kappa shape index (κ2) is 6.64. The molecule has 1 rings (SSSR count). The van der Waals surface area contributed by atoms with Crippen LogP contribution in [0.25, 0.3) is 0 Å². The Morgan fingerprint density at radius 1 is 1.53 bits per heavy atom. The third-order valence-electron chi connectivity index (χ3n) is 3.44. The van der Waals surface area contributed by atoms with Crippen molar-refractivity contribution in [3.8, 4) is 0 Å². The van der Waals surface area contributed by atoms with Gasteiger partial charge in [0, 0.05) is 5.75 Å². The highest BCUT2D eigenvalue weighted by Gasteiger charge is 2.50. The van der Waals surface area contributed by atoms with Gasteiger partial charge in [0.15, 0.2) is 0 Å². The molecular weight excluding hydrogens is 234 g/mol. The molecule has 1 aliphatic rings. The van der Waals surface area contributed by atoms with Crippen LogP contribution in [0.5, 0.6) is 0 Å². The Kier molecular flexibility index (Phi) is 5.80. The zero-order chi connectivity index (χ0) is 12.9. The van der Waals surface area contributed by atoms with Gasteiger partial charge in [-0.05, 0) is 43.9 Å². The van der Waals surface area contributed by atoms with E-state index in [0.717, 1.165) is 30.3 Å². The summed E-state index contributed by atoms with van der Waals surface area (Å²) < 4.78 is 4.97. The molecule has 3 nitrogen and oxygen atoms in total. The van der Waals surface area contributed by atoms with Gasteiger partial charge in [-0.15, -0.1) is 0 Å². The van der Waals surface area contributed by atoms with E-state index >= 15 is 0 Å². The van der Waals surface area contributed by atoms with Gasteiger partial charge in [-0.1, -0.05) is 13.8 Å². The highest BCUT2D eigenvalue weighted by atomic mass is 32.2. The van der Waals surface area contributed by atoms with E-state index in [1.807, 2.05) is 18.8 Å². The van der Waals surface area contributed by atoms with E-state index in [2.05, 4.69) is 19.2 Å². The van der Waals surface area contributed by atoms with Crippen molar-refractivity contribution in [2.45, 2.75) is 38.6 Å². The number of carbonyl (C=O) groups is 1. The van der Waals surface area contributed by atoms with Crippen LogP contribution in [0.15, 0.2) is 0 Å². The van der Waals surface area contributed by atoms with Crippen molar-refractivity contribution < 1.29 is 9.53 Å². The normalized spacial score (nSPS) is 19.1. The van der Waals surface area contributed by atoms with E-state index in [9.17, 15) is 4.79 Å². The number of thioether (sulfide) groups is 1. The molecule has 1 atom stereocenters. The van der Waals surface area contributed by atoms with Crippen LogP contribution in [-0.4, -0.2) is 37.2 Å². The van der Waals surface area contributed by atoms with Crippen LogP contribution in [0.3, 0.4) is 0 Å². The number of ether oxygens (including phenoxy) is 1. The number of carbonyl (C=O) groups excluding carboxylic acids is 1. The number of likely N-dealkylation sites (N-methyl/N-ethyl adjacent to an activating group) is 1. The molecule has 1 N–H and O–H groups in total. The van der Waals surface area contributed by atoms with Crippen LogP contribution in [0, 0.1) is 11.8 Å². The molecule has 1 unspecified atom stereocenters. The van der Waals surface area contributed by atoms with Crippen LogP contribution in [0.4, 0.5) is 0 Å². The summed E-state index contributed by atoms with van der Waals surface area (Å²) in [7, 11) is 3.35. The minimum atomic E-state index is -0.448. The first-order chi connectivity index (χ1) is 8.06. The average Bonchev–Trinajstić information content (AvgIpc) is 3.13. The highest BCUT2D eigenvalue weighted by molar-refractivity contribution is 7.99. The summed E-state index contributed by atoms with van der Waals surface area (Å²) in [5.41, 5.74) is -0.448. The third kappa shape index (κ3) is 3.88. The molecule has 1 saturated carbocycles. The molecule has 0 aromatic rings. The third-order valence-corrected chi connectivity index (χ3v) is 4.62. The van der Waals surface area contributed by atoms with Crippen LogP contribution in [0.1, 0.15) is 33.1 Å². The van der Waals surface area contributed by atoms with Gasteiger partial charge < -0.3 is 10.1 Å². The van der Waals surface area contributed by atoms with Crippen LogP contribution in [0.2, 0.25) is 0 Å². The largest absolute Gasteiger partial charge is 0.468 e. The quantitative estimate of drug-likeness (QED) is 0.536. The summed E-state index contributed by atoms with van der Waals surface area (Å²) in [5.74, 6) is 3.04. The summed E-state index contributed by atoms with van der Waals surface area (Å²) in [5, 5.41) is 3.22. The molecule has 0 amide bonds. The molecule has 0 saturated heterocycles. The molecule has 0 aliphatic heterocycles. The van der Waals surface area contributed by atoms with Crippen LogP contribution in [-0.2, 0) is 9.53 Å². The maximum Gasteiger partial charge on any atom is 0.327 e. The lowest BCUT2D eigenvalue weighted by atomic mass is 9.96. The minimum Gasteiger partial charge on any atom is -0.468 e. The topological polar surface area (TPSA) is 38.3 Å². The Hall–Kier alpha value is -0.220. The molecular formula is C13H25NO2S. The summed E-state index contributed by atoms with van der Waals surface area (Å²) in [6.45, 7) is 4.46. The molecule has 0 bridgehead atoms. The Balaban J connectivity index is 2.49. The van der Waals surface area contributed by atoms with Gasteiger partial charge in [-0.2, -0.15) is 11.8 Å². The van der Waals surface area contributed by atoms with Crippen molar-refractivity contribution in [2.24, 2.45) is 11.8 Å². The van der Waals surface area contributed by atoms with Crippen molar-refractivity contribution in [1.82, 2.24) is 5.32 Å². The standard InChI is InChI=1S/C13H25NO2S/c1-10(2)7-8-17-9-13(14-3,11-5-6-11)12(15)16-4/h10-11,14H,5-9H2,1-4H3. The smallest absolute Gasteiger partial charge is 0.327 e. The summed E-state index contributed by atoms with van der Waals surface area (Å²) in [6.07, 6.45) is 3.48. The van der Waals surface area contributed by atoms with E-state index < -0.39 is 5.54 Å². The fraction of sp³-hybridized carbons (Fsp3) is 0.923. The molecule has 17 heavy (non-hydrogen) atoms. The lowest BCUT2D eigenvalue weighted by molar-refractivity contribution is -0.148. The van der Waals surface area contributed by atoms with Gasteiger partial charge in [-0.3, -0.25) is 4.79 Å². The van der Waals surface area contributed by atoms with E-state index in [-0.39, 0.29) is 5.97 Å². The van der Waals surface area contributed by atoms with Crippen molar-refractivity contribution in [3.63, 3.8) is 0 Å². The van der Waals surface area contributed by atoms with Crippen molar-refractivity contribution in [1.29, 1.82) is 0 Å². The molecule has 0 heterocycles. The fourth-order valence-corrected chi connectivity index (χ4v) is 3.63. The first-order valence-corrected chi connectivity index (χ1v) is 7.57. The average molecular weight is 259 g/mol. The molecule has 0 aromatic heterocycles. The Bertz CT molecular complexity index is 254. The lowest BCUT2D eigenvalue weighted by Crippen LogP contribution is -2.55. The number of esters is 1. The minimum absolute atomic E-state index is 0.0976. The van der Waals surface area contributed by atoms with Crippen molar-refractivity contribution in [2.75, 3.05) is 25.7 Å². The van der Waals surface area contributed by atoms with E-state index in [1.165, 1.54) is 13.5 Å². The maximum absolute atomic E-state index is 12.0. The molecule has 0 spiro atoms. The molecule has 0 aromatic carbocycles. The first kappa shape index (κ1) is 14.8. The molecule has 1 fully saturated rings. The fourth-order valence-electron chi connectivity index (χ4n) is 2.03. The molecule has 100 valence electrons. The molecule has 1 aliphatic carbocycles. The maximum atomic E-state index is 12.0. The number of rotatable bonds is 8. The van der Waals surface area contributed by atoms with Gasteiger partial charge in [0.1, 0.15) is 5.54 Å². The van der Waals surface area contributed by atoms with Gasteiger partial charge in [0.05, 0.1) is 7.11 Å². The van der Waals surface area contributed by atoms with E-state index in [4.69, 9.17) is 4.74 Å². The van der Waals surface area contributed by atoms with E-state index in [0.29, 0.717) is 5.92 Å². The van der Waals surface area contributed by atoms with E-state index in [1.54, 1.807) is 0 Å². The zero-order valence-corrected chi connectivity index (χ0v) is 12.2. The summed E-state index contributed by atoms with van der Waals surface area (Å²) in [4.78, 5) is 12.0. The lowest BCUT2D eigenvalue weighted by Gasteiger charge is -2.30. The van der Waals surface area contributed by atoms with Crippen LogP contribution < -0.4 is 5.32 Å². The number of hydrogen-bond donors (Lipinski definition) is 1. The van der Waals surface area contributed by atoms with Crippen LogP contribution >= 0.6 is 11.8 Å². The number of nitrogens with one attached hydrogen (secondary N) is 1. The van der Waals surface area contributed by atoms with Gasteiger partial charge in [0.2, 0.25) is 0 Å². The van der Waals surface area contributed by atoms with Crippen molar-refractivity contribution >= 4 is 17.7 Å². The zero-order valence-electron chi connectivity index (χ0n) is 11.4. The Morgan fingerprint density at radius 2 is 2.18 bits per heavy atom. The second-order valence-corrected chi connectivity index (χ2v) is 6.33. The molecule has 4 heteroatoms. The monoisotopic (exact) mass is 259 g/mol. The van der Waals surface area contributed by atoms with Gasteiger partial charge in [0.25, 0.3) is 0 Å². The second-order valence-electron chi connectivity index (χ2n) is 5.22. The predicted molar refractivity (Wildman–Crippen MR) is 73.3 cm³/mol. The molecule has 0 radical (unpaired) electrons. The van der Waals surface area contributed by atoms with Crippen molar-refractivity contribution in [3.05, 3.63) is 0 Å². The highest BCUT2D eigenvalue weighted by Crippen LogP contribution is 2.42. The Morgan fingerprint density at radius 3 is 2.59 bits per heavy atom. The first-order valence-electron chi connectivity index (χ1n) is 6.42. The summed E-state index contributed by atoms with van der Waals surface area (Å²) >= 11 is 1.86. The van der Waals surface area contributed by atoms with Gasteiger partial charge >= 0.3 is 5.97 Å². The number of hydrogen-bond acceptors (Lipinski definition) is 4. The van der Waals surface area contributed by atoms with Gasteiger partial charge in [-0.25, -0.2) is 0 Å². The SMILES string of the molecule is CNC(CSCCC(C)C)(C(=O)OC)C1CC1.